The molecule has 0 aliphatic heterocycles. The molecule has 0 unspecified atom stereocenters. The lowest BCUT2D eigenvalue weighted by Gasteiger charge is -2.11. The van der Waals surface area contributed by atoms with Crippen LogP contribution in [0.15, 0.2) is 60.8 Å². The molecule has 1 heterocycles. The first-order valence-corrected chi connectivity index (χ1v) is 13.3. The molecule has 3 rings (SSSR count). The summed E-state index contributed by atoms with van der Waals surface area (Å²) in [7, 11) is -3.87. The number of hydrogen-bond donors (Lipinski definition) is 2. The average molecular weight is 440 g/mol. The molecule has 2 aromatic carbocycles. The van der Waals surface area contributed by atoms with Gasteiger partial charge in [-0.25, -0.2) is 0 Å². The zero-order chi connectivity index (χ0) is 21.9. The lowest BCUT2D eigenvalue weighted by molar-refractivity contribution is 0.371. The summed E-state index contributed by atoms with van der Waals surface area (Å²) in [6.07, 6.45) is 12.2. The van der Waals surface area contributed by atoms with Gasteiger partial charge in [0.15, 0.2) is 0 Å². The van der Waals surface area contributed by atoms with Gasteiger partial charge in [0.25, 0.3) is 0 Å². The average Bonchev–Trinajstić information content (AvgIpc) is 2.76. The molecule has 31 heavy (non-hydrogen) atoms. The fraction of sp³-hybridized carbons (Fsp3) is 0.423. The zero-order valence-corrected chi connectivity index (χ0v) is 19.1. The Bertz CT molecular complexity index is 984. The van der Waals surface area contributed by atoms with Gasteiger partial charge in [-0.2, -0.15) is 0 Å². The molecule has 0 saturated heterocycles. The number of aromatic nitrogens is 1. The maximum absolute atomic E-state index is 11.0. The second-order valence-electron chi connectivity index (χ2n) is 8.38. The van der Waals surface area contributed by atoms with E-state index in [0.29, 0.717) is 6.42 Å². The molecule has 5 heteroatoms. The molecular formula is C26H34NO3P. The van der Waals surface area contributed by atoms with Crippen molar-refractivity contribution in [2.24, 2.45) is 0 Å². The van der Waals surface area contributed by atoms with Gasteiger partial charge in [0, 0.05) is 17.7 Å². The third-order valence-electron chi connectivity index (χ3n) is 5.84. The predicted molar refractivity (Wildman–Crippen MR) is 129 cm³/mol. The quantitative estimate of drug-likeness (QED) is 0.236. The fourth-order valence-corrected chi connectivity index (χ4v) is 4.80. The van der Waals surface area contributed by atoms with E-state index < -0.39 is 7.60 Å². The highest BCUT2D eigenvalue weighted by Crippen LogP contribution is 2.35. The largest absolute Gasteiger partial charge is 0.325 e. The topological polar surface area (TPSA) is 70.4 Å². The van der Waals surface area contributed by atoms with Crippen LogP contribution in [-0.2, 0) is 23.8 Å². The summed E-state index contributed by atoms with van der Waals surface area (Å²) < 4.78 is 11.0. The molecule has 4 nitrogen and oxygen atoms in total. The molecular weight excluding hydrogens is 405 g/mol. The Morgan fingerprint density at radius 1 is 0.677 bits per heavy atom. The summed E-state index contributed by atoms with van der Waals surface area (Å²) in [5, 5.41) is 1.25. The summed E-state index contributed by atoms with van der Waals surface area (Å²) in [5.74, 6) is 0. The smallest absolute Gasteiger partial charge is 0.324 e. The van der Waals surface area contributed by atoms with Crippen molar-refractivity contribution in [3.05, 3.63) is 77.5 Å². The van der Waals surface area contributed by atoms with E-state index in [1.54, 1.807) is 0 Å². The van der Waals surface area contributed by atoms with Crippen LogP contribution in [-0.4, -0.2) is 20.9 Å². The molecule has 0 aliphatic rings. The number of nitrogens with zero attached hydrogens (tertiary/aromatic N) is 1. The summed E-state index contributed by atoms with van der Waals surface area (Å²) in [4.78, 5) is 22.6. The molecule has 0 radical (unpaired) electrons. The van der Waals surface area contributed by atoms with Crippen molar-refractivity contribution in [3.8, 4) is 0 Å². The fourth-order valence-electron chi connectivity index (χ4n) is 4.16. The van der Waals surface area contributed by atoms with Crippen molar-refractivity contribution in [1.82, 2.24) is 4.98 Å². The number of benzene rings is 2. The van der Waals surface area contributed by atoms with Crippen LogP contribution in [0.5, 0.6) is 0 Å². The molecule has 0 fully saturated rings. The number of pyridine rings is 1. The Morgan fingerprint density at radius 3 is 2.06 bits per heavy atom. The summed E-state index contributed by atoms with van der Waals surface area (Å²) in [5.41, 5.74) is 5.12. The molecule has 3 aromatic rings. The van der Waals surface area contributed by atoms with Crippen LogP contribution in [0.2, 0.25) is 0 Å². The van der Waals surface area contributed by atoms with Crippen LogP contribution < -0.4 is 0 Å². The molecule has 0 amide bonds. The van der Waals surface area contributed by atoms with Gasteiger partial charge >= 0.3 is 7.60 Å². The predicted octanol–water partition coefficient (Wildman–Crippen LogP) is 6.47. The van der Waals surface area contributed by atoms with E-state index in [-0.39, 0.29) is 6.16 Å². The molecule has 2 N–H and O–H groups in total. The van der Waals surface area contributed by atoms with Gasteiger partial charge in [0.2, 0.25) is 0 Å². The molecule has 166 valence electrons. The molecule has 0 bridgehead atoms. The minimum Gasteiger partial charge on any atom is -0.324 e. The van der Waals surface area contributed by atoms with Gasteiger partial charge in [-0.1, -0.05) is 67.8 Å². The monoisotopic (exact) mass is 439 g/mol. The lowest BCUT2D eigenvalue weighted by atomic mass is 9.96. The van der Waals surface area contributed by atoms with Gasteiger partial charge in [-0.15, -0.1) is 0 Å². The van der Waals surface area contributed by atoms with E-state index in [1.165, 1.54) is 47.8 Å². The highest BCUT2D eigenvalue weighted by molar-refractivity contribution is 7.51. The van der Waals surface area contributed by atoms with E-state index in [9.17, 15) is 4.57 Å². The van der Waals surface area contributed by atoms with Crippen molar-refractivity contribution in [3.63, 3.8) is 0 Å². The third-order valence-corrected chi connectivity index (χ3v) is 6.74. The highest BCUT2D eigenvalue weighted by Gasteiger charge is 2.12. The van der Waals surface area contributed by atoms with E-state index >= 15 is 0 Å². The lowest BCUT2D eigenvalue weighted by Crippen LogP contribution is -1.96. The van der Waals surface area contributed by atoms with Crippen LogP contribution in [0.1, 0.15) is 61.6 Å². The van der Waals surface area contributed by atoms with Crippen LogP contribution in [0.4, 0.5) is 0 Å². The Kier molecular flexibility index (Phi) is 9.27. The minimum absolute atomic E-state index is 0.0176. The minimum atomic E-state index is -3.87. The molecule has 0 atom stereocenters. The first kappa shape index (κ1) is 23.7. The SMILES string of the molecule is O=P(O)(O)CCCCCc1ccc(CCCCCCc2ccccc2)c2cccnc12. The van der Waals surface area contributed by atoms with Crippen LogP contribution >= 0.6 is 7.60 Å². The Hall–Kier alpha value is -2.00. The standard InChI is InChI=1S/C26H34NO3P/c28-31(29,30)21-10-4-9-16-24-19-18-23(25-17-11-20-27-26(24)25)15-8-2-1-5-12-22-13-6-3-7-14-22/h3,6-7,11,13-14,17-20H,1-2,4-5,8-10,12,15-16,21H2,(H2,28,29,30). The van der Waals surface area contributed by atoms with Crippen molar-refractivity contribution in [2.45, 2.75) is 64.2 Å². The van der Waals surface area contributed by atoms with Crippen molar-refractivity contribution in [1.29, 1.82) is 0 Å². The van der Waals surface area contributed by atoms with Gasteiger partial charge in [0.1, 0.15) is 0 Å². The van der Waals surface area contributed by atoms with Crippen LogP contribution in [0, 0.1) is 0 Å². The first-order valence-electron chi connectivity index (χ1n) is 11.5. The maximum Gasteiger partial charge on any atom is 0.325 e. The first-order chi connectivity index (χ1) is 15.0. The van der Waals surface area contributed by atoms with Gasteiger partial charge in [-0.3, -0.25) is 9.55 Å². The van der Waals surface area contributed by atoms with Crippen molar-refractivity contribution >= 4 is 18.5 Å². The molecule has 0 saturated carbocycles. The van der Waals surface area contributed by atoms with E-state index in [1.807, 2.05) is 12.3 Å². The third kappa shape index (κ3) is 8.22. The van der Waals surface area contributed by atoms with Gasteiger partial charge < -0.3 is 9.79 Å². The number of fused-ring (bicyclic) bond motifs is 1. The van der Waals surface area contributed by atoms with Crippen LogP contribution in [0.25, 0.3) is 10.9 Å². The Balaban J connectivity index is 1.47. The summed E-state index contributed by atoms with van der Waals surface area (Å²) in [6, 6.07) is 19.3. The highest BCUT2D eigenvalue weighted by atomic mass is 31.2. The summed E-state index contributed by atoms with van der Waals surface area (Å²) in [6.45, 7) is 0. The zero-order valence-electron chi connectivity index (χ0n) is 18.2. The van der Waals surface area contributed by atoms with Gasteiger partial charge in [0.05, 0.1) is 5.52 Å². The van der Waals surface area contributed by atoms with Crippen molar-refractivity contribution < 1.29 is 14.4 Å². The van der Waals surface area contributed by atoms with E-state index in [2.05, 4.69) is 53.5 Å². The van der Waals surface area contributed by atoms with Crippen molar-refractivity contribution in [2.75, 3.05) is 6.16 Å². The van der Waals surface area contributed by atoms with Crippen LogP contribution in [0.3, 0.4) is 0 Å². The summed E-state index contributed by atoms with van der Waals surface area (Å²) >= 11 is 0. The number of unbranched alkanes of at least 4 members (excludes halogenated alkanes) is 5. The molecule has 1 aromatic heterocycles. The second-order valence-corrected chi connectivity index (χ2v) is 10.2. The Morgan fingerprint density at radius 2 is 1.32 bits per heavy atom. The molecule has 0 aliphatic carbocycles. The maximum atomic E-state index is 11.0. The van der Waals surface area contributed by atoms with E-state index in [4.69, 9.17) is 9.79 Å². The normalized spacial score (nSPS) is 11.8. The number of aryl methyl sites for hydroxylation is 3. The molecule has 0 spiro atoms. The van der Waals surface area contributed by atoms with E-state index in [0.717, 1.165) is 37.6 Å². The number of rotatable bonds is 13. The number of hydrogen-bond acceptors (Lipinski definition) is 2. The van der Waals surface area contributed by atoms with Gasteiger partial charge in [-0.05, 0) is 67.7 Å². The second kappa shape index (κ2) is 12.1. The Labute approximate surface area is 185 Å².